The van der Waals surface area contributed by atoms with E-state index in [0.29, 0.717) is 16.1 Å². The number of fused-ring (bicyclic) bond motifs is 2. The van der Waals surface area contributed by atoms with Crippen LogP contribution in [-0.2, 0) is 9.84 Å². The highest BCUT2D eigenvalue weighted by molar-refractivity contribution is 7.91. The zero-order chi connectivity index (χ0) is 25.4. The van der Waals surface area contributed by atoms with Crippen molar-refractivity contribution in [2.24, 2.45) is 5.92 Å². The highest BCUT2D eigenvalue weighted by atomic mass is 32.2. The highest BCUT2D eigenvalue weighted by Crippen LogP contribution is 2.63. The fraction of sp³-hybridized carbons (Fsp3) is 0.500. The molecule has 35 heavy (non-hydrogen) atoms. The number of halogens is 3. The van der Waals surface area contributed by atoms with E-state index < -0.39 is 45.1 Å². The Morgan fingerprint density at radius 3 is 2.63 bits per heavy atom. The third-order valence-corrected chi connectivity index (χ3v) is 9.13. The van der Waals surface area contributed by atoms with Gasteiger partial charge in [0.1, 0.15) is 33.7 Å². The maximum absolute atomic E-state index is 12.8. The first kappa shape index (κ1) is 24.1. The van der Waals surface area contributed by atoms with E-state index in [1.165, 1.54) is 11.3 Å². The third kappa shape index (κ3) is 3.99. The fourth-order valence-electron chi connectivity index (χ4n) is 4.94. The summed E-state index contributed by atoms with van der Waals surface area (Å²) >= 11 is 1.26. The Morgan fingerprint density at radius 2 is 2.00 bits per heavy atom. The van der Waals surface area contributed by atoms with E-state index in [4.69, 9.17) is 0 Å². The number of nitrogens with one attached hydrogen (secondary N) is 2. The number of rotatable bonds is 6. The maximum atomic E-state index is 12.8. The second-order valence-electron chi connectivity index (χ2n) is 8.89. The summed E-state index contributed by atoms with van der Waals surface area (Å²) in [5.41, 5.74) is -2.90. The van der Waals surface area contributed by atoms with Crippen LogP contribution >= 0.6 is 11.3 Å². The minimum absolute atomic E-state index is 0.0117. The van der Waals surface area contributed by atoms with Gasteiger partial charge in [-0.2, -0.15) is 18.2 Å². The van der Waals surface area contributed by atoms with Gasteiger partial charge in [-0.15, -0.1) is 11.3 Å². The van der Waals surface area contributed by atoms with Crippen molar-refractivity contribution in [2.45, 2.75) is 42.5 Å². The first-order valence-electron chi connectivity index (χ1n) is 10.5. The SMILES string of the molecule is Cc1nc(NCC(F)(F)F)nc(NC2(O)CCC3C(S(C)(=O)=O)C32O)c1-c1nc2cnccc2s1. The molecular formula is C20H21F3N6O4S2. The molecule has 2 saturated carbocycles. The van der Waals surface area contributed by atoms with Crippen molar-refractivity contribution in [2.75, 3.05) is 23.4 Å². The van der Waals surface area contributed by atoms with Crippen molar-refractivity contribution in [1.29, 1.82) is 0 Å². The van der Waals surface area contributed by atoms with Crippen LogP contribution in [0.1, 0.15) is 18.5 Å². The number of anilines is 2. The number of aliphatic hydroxyl groups is 2. The van der Waals surface area contributed by atoms with Crippen molar-refractivity contribution in [1.82, 2.24) is 19.9 Å². The Morgan fingerprint density at radius 1 is 1.26 bits per heavy atom. The molecule has 5 rings (SSSR count). The number of aryl methyl sites for hydroxylation is 1. The lowest BCUT2D eigenvalue weighted by Crippen LogP contribution is -2.52. The van der Waals surface area contributed by atoms with Gasteiger partial charge in [0.2, 0.25) is 5.95 Å². The van der Waals surface area contributed by atoms with Crippen LogP contribution in [0.2, 0.25) is 0 Å². The molecule has 0 amide bonds. The van der Waals surface area contributed by atoms with Gasteiger partial charge in [0.05, 0.1) is 22.2 Å². The molecule has 0 aliphatic heterocycles. The largest absolute Gasteiger partial charge is 0.405 e. The van der Waals surface area contributed by atoms with Gasteiger partial charge in [-0.3, -0.25) is 4.98 Å². The van der Waals surface area contributed by atoms with E-state index >= 15 is 0 Å². The van der Waals surface area contributed by atoms with E-state index in [1.807, 2.05) is 0 Å². The predicted molar refractivity (Wildman–Crippen MR) is 123 cm³/mol. The number of hydrogen-bond acceptors (Lipinski definition) is 11. The van der Waals surface area contributed by atoms with Crippen LogP contribution in [0.3, 0.4) is 0 Å². The molecule has 3 aromatic rings. The summed E-state index contributed by atoms with van der Waals surface area (Å²) in [4.78, 5) is 16.8. The van der Waals surface area contributed by atoms with E-state index in [1.54, 1.807) is 25.4 Å². The summed E-state index contributed by atoms with van der Waals surface area (Å²) < 4.78 is 63.5. The van der Waals surface area contributed by atoms with E-state index in [9.17, 15) is 31.8 Å². The first-order valence-corrected chi connectivity index (χ1v) is 13.3. The molecule has 2 aliphatic carbocycles. The van der Waals surface area contributed by atoms with Gasteiger partial charge in [0, 0.05) is 18.4 Å². The van der Waals surface area contributed by atoms with E-state index in [2.05, 4.69) is 30.6 Å². The molecule has 3 aromatic heterocycles. The number of hydrogen-bond donors (Lipinski definition) is 4. The van der Waals surface area contributed by atoms with Crippen LogP contribution in [0.25, 0.3) is 20.8 Å². The summed E-state index contributed by atoms with van der Waals surface area (Å²) in [6.07, 6.45) is -0.140. The summed E-state index contributed by atoms with van der Waals surface area (Å²) in [5, 5.41) is 26.7. The Labute approximate surface area is 201 Å². The highest BCUT2D eigenvalue weighted by Gasteiger charge is 2.81. The Balaban J connectivity index is 1.59. The predicted octanol–water partition coefficient (Wildman–Crippen LogP) is 2.10. The maximum Gasteiger partial charge on any atom is 0.405 e. The van der Waals surface area contributed by atoms with Crippen LogP contribution in [-0.4, -0.2) is 74.1 Å². The monoisotopic (exact) mass is 530 g/mol. The van der Waals surface area contributed by atoms with Gasteiger partial charge < -0.3 is 20.8 Å². The Hall–Kier alpha value is -2.62. The standard InChI is InChI=1S/C20H21F3N6O4S2/c1-9-13(16-27-11-7-24-6-4-12(11)34-16)15(28-17(26-9)25-8-19(21,22)23)29-18(30)5-3-10-14(20(10,18)31)35(2,32)33/h4,6-7,10,14,30-31H,3,5,8H2,1-2H3,(H2,25,26,28,29). The second kappa shape index (κ2) is 7.69. The van der Waals surface area contributed by atoms with Gasteiger partial charge in [0.25, 0.3) is 0 Å². The lowest BCUT2D eigenvalue weighted by atomic mass is 10.0. The molecule has 0 spiro atoms. The van der Waals surface area contributed by atoms with Crippen molar-refractivity contribution >= 4 is 43.2 Å². The summed E-state index contributed by atoms with van der Waals surface area (Å²) in [5.74, 6) is -1.10. The Bertz CT molecular complexity index is 1400. The molecule has 0 bridgehead atoms. The average molecular weight is 531 g/mol. The second-order valence-corrected chi connectivity index (χ2v) is 12.1. The molecule has 2 aliphatic rings. The van der Waals surface area contributed by atoms with Crippen LogP contribution in [0.15, 0.2) is 18.5 Å². The smallest absolute Gasteiger partial charge is 0.383 e. The quantitative estimate of drug-likeness (QED) is 0.349. The molecule has 0 radical (unpaired) electrons. The summed E-state index contributed by atoms with van der Waals surface area (Å²) in [6.45, 7) is 0.169. The van der Waals surface area contributed by atoms with Crippen LogP contribution in [0.5, 0.6) is 0 Å². The number of pyridine rings is 1. The fourth-order valence-corrected chi connectivity index (χ4v) is 7.85. The van der Waals surface area contributed by atoms with Gasteiger partial charge in [-0.25, -0.2) is 18.4 Å². The zero-order valence-corrected chi connectivity index (χ0v) is 20.1. The lowest BCUT2D eigenvalue weighted by Gasteiger charge is -2.33. The van der Waals surface area contributed by atoms with Crippen LogP contribution in [0.4, 0.5) is 24.9 Å². The molecule has 4 N–H and O–H groups in total. The normalized spacial score (nSPS) is 28.2. The van der Waals surface area contributed by atoms with Crippen molar-refractivity contribution in [3.8, 4) is 10.6 Å². The van der Waals surface area contributed by atoms with Gasteiger partial charge >= 0.3 is 6.18 Å². The molecule has 4 unspecified atom stereocenters. The van der Waals surface area contributed by atoms with Crippen LogP contribution < -0.4 is 10.6 Å². The number of nitrogens with zero attached hydrogens (tertiary/aromatic N) is 4. The van der Waals surface area contributed by atoms with Crippen molar-refractivity contribution in [3.63, 3.8) is 0 Å². The third-order valence-electron chi connectivity index (χ3n) is 6.46. The van der Waals surface area contributed by atoms with Crippen molar-refractivity contribution < 1.29 is 31.8 Å². The first-order chi connectivity index (χ1) is 16.2. The topological polar surface area (TPSA) is 150 Å². The number of thiazole rings is 1. The van der Waals surface area contributed by atoms with Gasteiger partial charge in [-0.1, -0.05) is 0 Å². The average Bonchev–Trinajstić information content (AvgIpc) is 3.04. The molecule has 0 aromatic carbocycles. The van der Waals surface area contributed by atoms with Gasteiger partial charge in [0.15, 0.2) is 15.6 Å². The van der Waals surface area contributed by atoms with E-state index in [-0.39, 0.29) is 30.3 Å². The minimum atomic E-state index is -4.52. The molecular weight excluding hydrogens is 509 g/mol. The number of sulfone groups is 1. The lowest BCUT2D eigenvalue weighted by molar-refractivity contribution is -0.115. The molecule has 4 atom stereocenters. The molecule has 2 fully saturated rings. The molecule has 3 heterocycles. The molecule has 0 saturated heterocycles. The van der Waals surface area contributed by atoms with E-state index in [0.717, 1.165) is 11.0 Å². The summed E-state index contributed by atoms with van der Waals surface area (Å²) in [6, 6.07) is 1.75. The molecule has 15 heteroatoms. The summed E-state index contributed by atoms with van der Waals surface area (Å²) in [7, 11) is -3.67. The Kier molecular flexibility index (Phi) is 5.29. The zero-order valence-electron chi connectivity index (χ0n) is 18.5. The molecule has 188 valence electrons. The number of alkyl halides is 3. The van der Waals surface area contributed by atoms with Crippen LogP contribution in [0, 0.1) is 12.8 Å². The minimum Gasteiger partial charge on any atom is -0.383 e. The number of aromatic nitrogens is 4. The van der Waals surface area contributed by atoms with Crippen molar-refractivity contribution in [3.05, 3.63) is 24.2 Å². The molecule has 10 nitrogen and oxygen atoms in total. The van der Waals surface area contributed by atoms with Gasteiger partial charge in [-0.05, 0) is 25.8 Å².